The van der Waals surface area contributed by atoms with Crippen LogP contribution in [-0.2, 0) is 14.1 Å². The third kappa shape index (κ3) is 4.09. The number of para-hydroxylation sites is 2. The van der Waals surface area contributed by atoms with Crippen molar-refractivity contribution in [2.45, 2.75) is 13.0 Å². The molecule has 0 saturated heterocycles. The minimum Gasteiger partial charge on any atom is -0.493 e. The van der Waals surface area contributed by atoms with Gasteiger partial charge >= 0.3 is 5.69 Å². The number of hydrogen-bond donors (Lipinski definition) is 1. The number of carbonyl (C=O) groups is 1. The van der Waals surface area contributed by atoms with Crippen LogP contribution in [0.3, 0.4) is 0 Å². The summed E-state index contributed by atoms with van der Waals surface area (Å²) in [5.74, 6) is 0.640. The van der Waals surface area contributed by atoms with Crippen molar-refractivity contribution < 1.29 is 14.3 Å². The van der Waals surface area contributed by atoms with E-state index < -0.39 is 23.1 Å². The van der Waals surface area contributed by atoms with Crippen LogP contribution in [0.25, 0.3) is 0 Å². The second-order valence-electron chi connectivity index (χ2n) is 6.49. The quantitative estimate of drug-likeness (QED) is 0.644. The average molecular weight is 390 g/mol. The van der Waals surface area contributed by atoms with Crippen LogP contribution in [0.1, 0.15) is 17.3 Å². The van der Waals surface area contributed by atoms with Gasteiger partial charge in [0.2, 0.25) is 0 Å². The van der Waals surface area contributed by atoms with Gasteiger partial charge in [0.25, 0.3) is 5.56 Å². The highest BCUT2D eigenvalue weighted by Gasteiger charge is 2.27. The van der Waals surface area contributed by atoms with Crippen LogP contribution in [-0.4, -0.2) is 53.2 Å². The summed E-state index contributed by atoms with van der Waals surface area (Å²) in [6, 6.07) is 6.64. The topological polar surface area (TPSA) is 109 Å². The molecule has 1 aromatic heterocycles. The number of aromatic nitrogens is 2. The van der Waals surface area contributed by atoms with Gasteiger partial charge in [-0.15, -0.1) is 0 Å². The second kappa shape index (κ2) is 8.75. The highest BCUT2D eigenvalue weighted by Crippen LogP contribution is 2.25. The molecule has 0 aliphatic heterocycles. The minimum absolute atomic E-state index is 0.136. The van der Waals surface area contributed by atoms with E-state index in [4.69, 9.17) is 15.2 Å². The van der Waals surface area contributed by atoms with E-state index in [2.05, 4.69) is 0 Å². The number of ketones is 1. The largest absolute Gasteiger partial charge is 0.493 e. The lowest BCUT2D eigenvalue weighted by molar-refractivity contribution is 0.0850. The van der Waals surface area contributed by atoms with Gasteiger partial charge in [-0.3, -0.25) is 23.6 Å². The normalized spacial score (nSPS) is 12.1. The summed E-state index contributed by atoms with van der Waals surface area (Å²) in [4.78, 5) is 38.9. The monoisotopic (exact) mass is 390 g/mol. The maximum atomic E-state index is 12.9. The number of benzene rings is 1. The number of nitrogen functional groups attached to an aromatic ring is 1. The number of ether oxygens (including phenoxy) is 2. The van der Waals surface area contributed by atoms with E-state index in [1.54, 1.807) is 38.1 Å². The number of nitrogens with two attached hydrogens (primary N) is 1. The molecule has 2 N–H and O–H groups in total. The first kappa shape index (κ1) is 21.2. The van der Waals surface area contributed by atoms with Crippen molar-refractivity contribution in [1.29, 1.82) is 0 Å². The molecule has 1 heterocycles. The molecule has 152 valence electrons. The number of likely N-dealkylation sites (N-methyl/N-ethyl adjacent to an activating group) is 1. The Labute approximate surface area is 162 Å². The van der Waals surface area contributed by atoms with Crippen LogP contribution in [0.2, 0.25) is 0 Å². The van der Waals surface area contributed by atoms with Gasteiger partial charge in [-0.25, -0.2) is 4.79 Å². The Morgan fingerprint density at radius 3 is 2.39 bits per heavy atom. The van der Waals surface area contributed by atoms with E-state index in [0.717, 1.165) is 9.13 Å². The molecule has 0 radical (unpaired) electrons. The van der Waals surface area contributed by atoms with E-state index in [1.165, 1.54) is 14.1 Å². The van der Waals surface area contributed by atoms with E-state index in [1.807, 2.05) is 12.1 Å². The van der Waals surface area contributed by atoms with Gasteiger partial charge in [-0.2, -0.15) is 0 Å². The summed E-state index contributed by atoms with van der Waals surface area (Å²) in [5.41, 5.74) is 4.41. The number of carbonyl (C=O) groups excluding carboxylic acids is 1. The Kier molecular flexibility index (Phi) is 6.63. The molecular weight excluding hydrogens is 364 g/mol. The predicted molar refractivity (Wildman–Crippen MR) is 106 cm³/mol. The number of anilines is 1. The average Bonchev–Trinajstić information content (AvgIpc) is 2.70. The first-order chi connectivity index (χ1) is 13.2. The van der Waals surface area contributed by atoms with Gasteiger partial charge < -0.3 is 15.2 Å². The van der Waals surface area contributed by atoms with E-state index in [-0.39, 0.29) is 11.4 Å². The number of nitrogens with zero attached hydrogens (tertiary/aromatic N) is 3. The van der Waals surface area contributed by atoms with Crippen molar-refractivity contribution in [2.75, 3.05) is 33.0 Å². The SMILES string of the molecule is COc1ccccc1OCCN(C)C(C)C(=O)c1c(N)n(C)c(=O)n(C)c1=O. The first-order valence-electron chi connectivity index (χ1n) is 8.76. The zero-order valence-corrected chi connectivity index (χ0v) is 16.8. The molecule has 0 fully saturated rings. The molecule has 0 aliphatic rings. The van der Waals surface area contributed by atoms with Gasteiger partial charge in [0.05, 0.1) is 13.2 Å². The lowest BCUT2D eigenvalue weighted by Crippen LogP contribution is -2.46. The van der Waals surface area contributed by atoms with Gasteiger partial charge in [-0.05, 0) is 26.1 Å². The van der Waals surface area contributed by atoms with Crippen molar-refractivity contribution in [1.82, 2.24) is 14.0 Å². The van der Waals surface area contributed by atoms with Crippen molar-refractivity contribution in [3.8, 4) is 11.5 Å². The molecule has 0 aliphatic carbocycles. The lowest BCUT2D eigenvalue weighted by Gasteiger charge is -2.24. The summed E-state index contributed by atoms with van der Waals surface area (Å²) in [7, 11) is 6.05. The molecule has 9 nitrogen and oxygen atoms in total. The molecule has 1 atom stereocenters. The zero-order valence-electron chi connectivity index (χ0n) is 16.8. The van der Waals surface area contributed by atoms with Crippen LogP contribution in [0.5, 0.6) is 11.5 Å². The van der Waals surface area contributed by atoms with Crippen molar-refractivity contribution >= 4 is 11.6 Å². The molecule has 0 spiro atoms. The molecule has 1 aromatic carbocycles. The molecular formula is C19H26N4O5. The first-order valence-corrected chi connectivity index (χ1v) is 8.76. The molecule has 2 rings (SSSR count). The molecule has 1 unspecified atom stereocenters. The number of rotatable bonds is 8. The summed E-state index contributed by atoms with van der Waals surface area (Å²) < 4.78 is 12.9. The van der Waals surface area contributed by atoms with Gasteiger partial charge in [0.1, 0.15) is 18.0 Å². The van der Waals surface area contributed by atoms with Crippen LogP contribution in [0.15, 0.2) is 33.9 Å². The van der Waals surface area contributed by atoms with E-state index in [9.17, 15) is 14.4 Å². The standard InChI is InChI=1S/C19H26N4O5/c1-12(16(24)15-17(20)22(3)19(26)23(4)18(15)25)21(2)10-11-28-14-9-7-6-8-13(14)27-5/h6-9,12H,10-11,20H2,1-5H3. The number of hydrogen-bond acceptors (Lipinski definition) is 7. The fourth-order valence-corrected chi connectivity index (χ4v) is 2.73. The molecule has 0 bridgehead atoms. The minimum atomic E-state index is -0.698. The summed E-state index contributed by atoms with van der Waals surface area (Å²) >= 11 is 0. The third-order valence-corrected chi connectivity index (χ3v) is 4.77. The highest BCUT2D eigenvalue weighted by molar-refractivity contribution is 6.03. The molecule has 9 heteroatoms. The Hall–Kier alpha value is -3.07. The highest BCUT2D eigenvalue weighted by atomic mass is 16.5. The lowest BCUT2D eigenvalue weighted by atomic mass is 10.1. The van der Waals surface area contributed by atoms with Gasteiger partial charge in [0, 0.05) is 20.6 Å². The smallest absolute Gasteiger partial charge is 0.332 e. The second-order valence-corrected chi connectivity index (χ2v) is 6.49. The van der Waals surface area contributed by atoms with Crippen LogP contribution in [0.4, 0.5) is 5.82 Å². The summed E-state index contributed by atoms with van der Waals surface area (Å²) in [6.07, 6.45) is 0. The van der Waals surface area contributed by atoms with Gasteiger partial charge in [0.15, 0.2) is 17.3 Å². The summed E-state index contributed by atoms with van der Waals surface area (Å²) in [5, 5.41) is 0. The van der Waals surface area contributed by atoms with E-state index in [0.29, 0.717) is 24.7 Å². The fraction of sp³-hybridized carbons (Fsp3) is 0.421. The molecule has 0 saturated carbocycles. The molecule has 2 aromatic rings. The Morgan fingerprint density at radius 2 is 1.79 bits per heavy atom. The third-order valence-electron chi connectivity index (χ3n) is 4.77. The summed E-state index contributed by atoms with van der Waals surface area (Å²) in [6.45, 7) is 2.42. The van der Waals surface area contributed by atoms with Crippen molar-refractivity contribution in [2.24, 2.45) is 14.1 Å². The van der Waals surface area contributed by atoms with Crippen LogP contribution >= 0.6 is 0 Å². The number of methoxy groups -OCH3 is 1. The van der Waals surface area contributed by atoms with E-state index >= 15 is 0 Å². The number of Topliss-reactive ketones (excluding diaryl/α,β-unsaturated/α-hetero) is 1. The maximum Gasteiger partial charge on any atom is 0.332 e. The van der Waals surface area contributed by atoms with Crippen molar-refractivity contribution in [3.63, 3.8) is 0 Å². The van der Waals surface area contributed by atoms with Crippen LogP contribution < -0.4 is 26.5 Å². The fourth-order valence-electron chi connectivity index (χ4n) is 2.73. The zero-order chi connectivity index (χ0) is 21.0. The predicted octanol–water partition coefficient (Wildman–Crippen LogP) is 0.257. The Bertz CT molecular complexity index is 979. The molecule has 0 amide bonds. The Morgan fingerprint density at radius 1 is 1.18 bits per heavy atom. The van der Waals surface area contributed by atoms with Crippen LogP contribution in [0, 0.1) is 0 Å². The Balaban J connectivity index is 2.11. The van der Waals surface area contributed by atoms with Gasteiger partial charge in [-0.1, -0.05) is 12.1 Å². The van der Waals surface area contributed by atoms with Crippen molar-refractivity contribution in [3.05, 3.63) is 50.7 Å². The maximum absolute atomic E-state index is 12.9. The molecule has 28 heavy (non-hydrogen) atoms.